The quantitative estimate of drug-likeness (QED) is 0.761. The van der Waals surface area contributed by atoms with Crippen molar-refractivity contribution in [1.29, 1.82) is 0 Å². The lowest BCUT2D eigenvalue weighted by Gasteiger charge is -2.35. The maximum atomic E-state index is 5.89. The van der Waals surface area contributed by atoms with Crippen molar-refractivity contribution in [3.05, 3.63) is 12.2 Å². The maximum absolute atomic E-state index is 5.89. The number of rotatable bonds is 3. The summed E-state index contributed by atoms with van der Waals surface area (Å²) in [5, 5.41) is 6.80. The molecule has 0 unspecified atom stereocenters. The van der Waals surface area contributed by atoms with Gasteiger partial charge < -0.3 is 5.73 Å². The molecule has 1 aliphatic carbocycles. The molecule has 0 spiro atoms. The Hall–Kier alpha value is -0.900. The molecule has 14 heavy (non-hydrogen) atoms. The summed E-state index contributed by atoms with van der Waals surface area (Å²) >= 11 is 0. The molecule has 1 saturated carbocycles. The Balaban J connectivity index is 2.04. The predicted octanol–water partition coefficient (Wildman–Crippen LogP) is 1.26. The number of H-pyrrole nitrogens is 1. The van der Waals surface area contributed by atoms with Crippen molar-refractivity contribution < 1.29 is 0 Å². The van der Waals surface area contributed by atoms with Crippen molar-refractivity contribution in [3.8, 4) is 0 Å². The van der Waals surface area contributed by atoms with Gasteiger partial charge in [-0.05, 0) is 24.8 Å². The fourth-order valence-corrected chi connectivity index (χ4v) is 2.43. The van der Waals surface area contributed by atoms with Crippen molar-refractivity contribution in [2.24, 2.45) is 11.1 Å². The minimum atomic E-state index is 0.289. The molecule has 0 radical (unpaired) electrons. The Kier molecular flexibility index (Phi) is 2.82. The van der Waals surface area contributed by atoms with Crippen LogP contribution in [0.25, 0.3) is 0 Å². The van der Waals surface area contributed by atoms with Crippen LogP contribution in [0.3, 0.4) is 0 Å². The van der Waals surface area contributed by atoms with Crippen LogP contribution in [-0.4, -0.2) is 21.7 Å². The highest BCUT2D eigenvalue weighted by atomic mass is 15.2. The van der Waals surface area contributed by atoms with Crippen LogP contribution in [0.1, 0.15) is 37.9 Å². The minimum absolute atomic E-state index is 0.289. The molecule has 78 valence electrons. The molecule has 1 aromatic rings. The van der Waals surface area contributed by atoms with Crippen molar-refractivity contribution in [1.82, 2.24) is 15.2 Å². The molecule has 2 rings (SSSR count). The standard InChI is InChI=1S/C10H18N4/c11-7-10(4-2-1-3-5-10)6-9-12-8-13-14-9/h8H,1-7,11H2,(H,12,13,14). The highest BCUT2D eigenvalue weighted by molar-refractivity contribution is 4.94. The summed E-state index contributed by atoms with van der Waals surface area (Å²) in [6, 6.07) is 0. The van der Waals surface area contributed by atoms with Gasteiger partial charge in [0.1, 0.15) is 12.2 Å². The van der Waals surface area contributed by atoms with E-state index in [1.165, 1.54) is 32.1 Å². The first-order valence-electron chi connectivity index (χ1n) is 5.39. The van der Waals surface area contributed by atoms with Crippen molar-refractivity contribution >= 4 is 0 Å². The summed E-state index contributed by atoms with van der Waals surface area (Å²) in [4.78, 5) is 4.18. The third-order valence-electron chi connectivity index (χ3n) is 3.35. The Morgan fingerprint density at radius 2 is 2.14 bits per heavy atom. The van der Waals surface area contributed by atoms with Gasteiger partial charge in [0.15, 0.2) is 0 Å². The monoisotopic (exact) mass is 194 g/mol. The van der Waals surface area contributed by atoms with Gasteiger partial charge >= 0.3 is 0 Å². The third-order valence-corrected chi connectivity index (χ3v) is 3.35. The summed E-state index contributed by atoms with van der Waals surface area (Å²) in [6.45, 7) is 0.772. The molecule has 0 aliphatic heterocycles. The maximum Gasteiger partial charge on any atom is 0.137 e. The van der Waals surface area contributed by atoms with Crippen molar-refractivity contribution in [2.75, 3.05) is 6.54 Å². The summed E-state index contributed by atoms with van der Waals surface area (Å²) in [5.74, 6) is 0.984. The number of hydrogen-bond acceptors (Lipinski definition) is 3. The summed E-state index contributed by atoms with van der Waals surface area (Å²) in [7, 11) is 0. The van der Waals surface area contributed by atoms with Gasteiger partial charge in [-0.25, -0.2) is 4.98 Å². The van der Waals surface area contributed by atoms with E-state index in [1.807, 2.05) is 0 Å². The number of nitrogens with two attached hydrogens (primary N) is 1. The topological polar surface area (TPSA) is 67.6 Å². The molecule has 0 atom stereocenters. The average molecular weight is 194 g/mol. The second-order valence-electron chi connectivity index (χ2n) is 4.37. The van der Waals surface area contributed by atoms with Gasteiger partial charge in [-0.15, -0.1) is 0 Å². The molecule has 1 heterocycles. The Bertz CT molecular complexity index is 262. The van der Waals surface area contributed by atoms with E-state index in [-0.39, 0.29) is 5.41 Å². The molecule has 1 fully saturated rings. The summed E-state index contributed by atoms with van der Waals surface area (Å²) in [6.07, 6.45) is 9.00. The number of aromatic nitrogens is 3. The normalized spacial score (nSPS) is 20.9. The molecular formula is C10H18N4. The highest BCUT2D eigenvalue weighted by Gasteiger charge is 2.31. The van der Waals surface area contributed by atoms with Crippen LogP contribution in [-0.2, 0) is 6.42 Å². The van der Waals surface area contributed by atoms with Gasteiger partial charge in [0.2, 0.25) is 0 Å². The lowest BCUT2D eigenvalue weighted by Crippen LogP contribution is -2.35. The molecule has 1 aromatic heterocycles. The smallest absolute Gasteiger partial charge is 0.137 e. The summed E-state index contributed by atoms with van der Waals surface area (Å²) in [5.41, 5.74) is 6.18. The van der Waals surface area contributed by atoms with E-state index in [9.17, 15) is 0 Å². The fraction of sp³-hybridized carbons (Fsp3) is 0.800. The molecular weight excluding hydrogens is 176 g/mol. The fourth-order valence-electron chi connectivity index (χ4n) is 2.43. The van der Waals surface area contributed by atoms with Crippen LogP contribution < -0.4 is 5.73 Å². The predicted molar refractivity (Wildman–Crippen MR) is 54.7 cm³/mol. The number of aromatic amines is 1. The lowest BCUT2D eigenvalue weighted by molar-refractivity contribution is 0.194. The first kappa shape index (κ1) is 9.65. The molecule has 0 saturated heterocycles. The van der Waals surface area contributed by atoms with Crippen molar-refractivity contribution in [3.63, 3.8) is 0 Å². The molecule has 0 bridgehead atoms. The van der Waals surface area contributed by atoms with E-state index in [1.54, 1.807) is 6.33 Å². The highest BCUT2D eigenvalue weighted by Crippen LogP contribution is 2.37. The first-order chi connectivity index (χ1) is 6.85. The SMILES string of the molecule is NCC1(Cc2ncn[nH]2)CCCCC1. The second kappa shape index (κ2) is 4.09. The van der Waals surface area contributed by atoms with Gasteiger partial charge in [0, 0.05) is 6.42 Å². The van der Waals surface area contributed by atoms with Crippen LogP contribution in [0.2, 0.25) is 0 Å². The van der Waals surface area contributed by atoms with E-state index < -0.39 is 0 Å². The van der Waals surface area contributed by atoms with Crippen LogP contribution >= 0.6 is 0 Å². The second-order valence-corrected chi connectivity index (χ2v) is 4.37. The Labute approximate surface area is 84.3 Å². The zero-order valence-corrected chi connectivity index (χ0v) is 8.50. The molecule has 4 nitrogen and oxygen atoms in total. The Morgan fingerprint density at radius 1 is 1.36 bits per heavy atom. The molecule has 3 N–H and O–H groups in total. The molecule has 0 amide bonds. The van der Waals surface area contributed by atoms with Gasteiger partial charge in [0.25, 0.3) is 0 Å². The number of nitrogens with one attached hydrogen (secondary N) is 1. The van der Waals surface area contributed by atoms with Gasteiger partial charge in [-0.2, -0.15) is 5.10 Å². The van der Waals surface area contributed by atoms with E-state index in [4.69, 9.17) is 5.73 Å². The minimum Gasteiger partial charge on any atom is -0.330 e. The van der Waals surface area contributed by atoms with Crippen LogP contribution in [0.5, 0.6) is 0 Å². The zero-order chi connectivity index (χ0) is 9.86. The Morgan fingerprint density at radius 3 is 2.71 bits per heavy atom. The van der Waals surface area contributed by atoms with Crippen LogP contribution in [0.15, 0.2) is 6.33 Å². The third kappa shape index (κ3) is 1.95. The summed E-state index contributed by atoms with van der Waals surface area (Å²) < 4.78 is 0. The molecule has 1 aliphatic rings. The van der Waals surface area contributed by atoms with E-state index in [0.29, 0.717) is 0 Å². The van der Waals surface area contributed by atoms with Gasteiger partial charge in [-0.3, -0.25) is 5.10 Å². The molecule has 4 heteroatoms. The lowest BCUT2D eigenvalue weighted by atomic mass is 9.72. The zero-order valence-electron chi connectivity index (χ0n) is 8.50. The average Bonchev–Trinajstić information content (AvgIpc) is 2.72. The van der Waals surface area contributed by atoms with Crippen LogP contribution in [0, 0.1) is 5.41 Å². The van der Waals surface area contributed by atoms with Crippen LogP contribution in [0.4, 0.5) is 0 Å². The van der Waals surface area contributed by atoms with Gasteiger partial charge in [-0.1, -0.05) is 19.3 Å². The van der Waals surface area contributed by atoms with E-state index in [0.717, 1.165) is 18.8 Å². The van der Waals surface area contributed by atoms with Crippen molar-refractivity contribution in [2.45, 2.75) is 38.5 Å². The number of hydrogen-bond donors (Lipinski definition) is 2. The largest absolute Gasteiger partial charge is 0.330 e. The first-order valence-corrected chi connectivity index (χ1v) is 5.39. The molecule has 0 aromatic carbocycles. The number of nitrogens with zero attached hydrogens (tertiary/aromatic N) is 2. The van der Waals surface area contributed by atoms with E-state index >= 15 is 0 Å². The van der Waals surface area contributed by atoms with Gasteiger partial charge in [0.05, 0.1) is 0 Å². The van der Waals surface area contributed by atoms with E-state index in [2.05, 4.69) is 15.2 Å².